The lowest BCUT2D eigenvalue weighted by molar-refractivity contribution is -0.141. The van der Waals surface area contributed by atoms with E-state index in [1.807, 2.05) is 36.4 Å². The van der Waals surface area contributed by atoms with E-state index < -0.39 is 17.9 Å². The van der Waals surface area contributed by atoms with Gasteiger partial charge in [0.1, 0.15) is 5.82 Å². The van der Waals surface area contributed by atoms with Crippen molar-refractivity contribution in [1.82, 2.24) is 4.98 Å². The molecule has 0 radical (unpaired) electrons. The second kappa shape index (κ2) is 8.02. The van der Waals surface area contributed by atoms with E-state index in [0.29, 0.717) is 11.3 Å². The highest BCUT2D eigenvalue weighted by atomic mass is 19.1. The summed E-state index contributed by atoms with van der Waals surface area (Å²) in [7, 11) is 0. The Kier molecular flexibility index (Phi) is 5.32. The van der Waals surface area contributed by atoms with Crippen LogP contribution in [0.25, 0.3) is 6.08 Å². The summed E-state index contributed by atoms with van der Waals surface area (Å²) in [6, 6.07) is 21.0. The Bertz CT molecular complexity index is 824. The lowest BCUT2D eigenvalue weighted by Gasteiger charge is -2.16. The van der Waals surface area contributed by atoms with Gasteiger partial charge >= 0.3 is 5.97 Å². The number of carbonyl (C=O) groups excluding carboxylic acids is 1. The zero-order valence-electron chi connectivity index (χ0n) is 13.4. The minimum Gasteiger partial charge on any atom is -0.448 e. The van der Waals surface area contributed by atoms with Gasteiger partial charge in [0.05, 0.1) is 5.69 Å². The van der Waals surface area contributed by atoms with Crippen LogP contribution in [-0.2, 0) is 9.53 Å². The highest BCUT2D eigenvalue weighted by molar-refractivity contribution is 5.87. The molecule has 1 heterocycles. The lowest BCUT2D eigenvalue weighted by atomic mass is 10.1. The van der Waals surface area contributed by atoms with Gasteiger partial charge in [0.25, 0.3) is 0 Å². The van der Waals surface area contributed by atoms with Gasteiger partial charge in [0, 0.05) is 17.8 Å². The molecule has 4 heteroatoms. The van der Waals surface area contributed by atoms with E-state index in [2.05, 4.69) is 4.98 Å². The molecule has 1 atom stereocenters. The molecule has 0 aliphatic rings. The highest BCUT2D eigenvalue weighted by Crippen LogP contribution is 2.24. The predicted molar refractivity (Wildman–Crippen MR) is 94.0 cm³/mol. The summed E-state index contributed by atoms with van der Waals surface area (Å²) < 4.78 is 19.2. The number of pyridine rings is 1. The van der Waals surface area contributed by atoms with E-state index in [0.717, 1.165) is 5.56 Å². The summed E-state index contributed by atoms with van der Waals surface area (Å²) in [5, 5.41) is 0. The molecular weight excluding hydrogens is 317 g/mol. The number of benzene rings is 2. The minimum absolute atomic E-state index is 0.327. The number of hydrogen-bond donors (Lipinski definition) is 0. The van der Waals surface area contributed by atoms with E-state index in [-0.39, 0.29) is 0 Å². The Morgan fingerprint density at radius 1 is 0.960 bits per heavy atom. The second-order valence-corrected chi connectivity index (χ2v) is 5.34. The summed E-state index contributed by atoms with van der Waals surface area (Å²) in [5.74, 6) is -0.960. The number of nitrogens with zero attached hydrogens (tertiary/aromatic N) is 1. The summed E-state index contributed by atoms with van der Waals surface area (Å²) in [5.41, 5.74) is 1.77. The first-order valence-corrected chi connectivity index (χ1v) is 7.83. The van der Waals surface area contributed by atoms with Crippen LogP contribution in [0.5, 0.6) is 0 Å². The fourth-order valence-electron chi connectivity index (χ4n) is 2.38. The standard InChI is InChI=1S/C21H16FNO2/c22-18-11-5-4-8-16(18)13-14-20(24)25-21(17-9-2-1-3-10-17)19-12-6-7-15-23-19/h1-15,21H/b14-13+. The van der Waals surface area contributed by atoms with Crippen LogP contribution in [0.2, 0.25) is 0 Å². The molecule has 3 aromatic rings. The van der Waals surface area contributed by atoms with Crippen LogP contribution >= 0.6 is 0 Å². The summed E-state index contributed by atoms with van der Waals surface area (Å²) in [6.45, 7) is 0. The molecule has 0 amide bonds. The normalized spacial score (nSPS) is 12.0. The maximum Gasteiger partial charge on any atom is 0.331 e. The van der Waals surface area contributed by atoms with E-state index in [1.165, 1.54) is 18.2 Å². The zero-order chi connectivity index (χ0) is 17.5. The summed E-state index contributed by atoms with van der Waals surface area (Å²) in [6.07, 6.45) is 3.64. The lowest BCUT2D eigenvalue weighted by Crippen LogP contribution is -2.12. The largest absolute Gasteiger partial charge is 0.448 e. The molecular formula is C21H16FNO2. The van der Waals surface area contributed by atoms with Crippen LogP contribution in [-0.4, -0.2) is 11.0 Å². The average Bonchev–Trinajstić information content (AvgIpc) is 2.67. The van der Waals surface area contributed by atoms with Gasteiger partial charge in [0.15, 0.2) is 6.10 Å². The maximum atomic E-state index is 13.6. The van der Waals surface area contributed by atoms with Gasteiger partial charge in [-0.15, -0.1) is 0 Å². The van der Waals surface area contributed by atoms with Crippen molar-refractivity contribution in [2.75, 3.05) is 0 Å². The number of halogens is 1. The SMILES string of the molecule is O=C(/C=C/c1ccccc1F)OC(c1ccccc1)c1ccccn1. The van der Waals surface area contributed by atoms with Gasteiger partial charge in [-0.3, -0.25) is 4.98 Å². The smallest absolute Gasteiger partial charge is 0.331 e. The van der Waals surface area contributed by atoms with Crippen molar-refractivity contribution < 1.29 is 13.9 Å². The van der Waals surface area contributed by atoms with Crippen LogP contribution in [0.1, 0.15) is 22.9 Å². The van der Waals surface area contributed by atoms with Crippen molar-refractivity contribution >= 4 is 12.0 Å². The number of esters is 1. The zero-order valence-corrected chi connectivity index (χ0v) is 13.4. The van der Waals surface area contributed by atoms with E-state index in [4.69, 9.17) is 4.74 Å². The Morgan fingerprint density at radius 2 is 1.68 bits per heavy atom. The van der Waals surface area contributed by atoms with Crippen molar-refractivity contribution in [2.24, 2.45) is 0 Å². The third kappa shape index (κ3) is 4.38. The predicted octanol–water partition coefficient (Wildman–Crippen LogP) is 4.57. The Balaban J connectivity index is 1.81. The van der Waals surface area contributed by atoms with Crippen molar-refractivity contribution in [3.8, 4) is 0 Å². The molecule has 124 valence electrons. The van der Waals surface area contributed by atoms with Crippen LogP contribution in [0.15, 0.2) is 85.1 Å². The molecule has 2 aromatic carbocycles. The van der Waals surface area contributed by atoms with E-state index in [9.17, 15) is 9.18 Å². The van der Waals surface area contributed by atoms with Crippen LogP contribution in [0.4, 0.5) is 4.39 Å². The Hall–Kier alpha value is -3.27. The van der Waals surface area contributed by atoms with E-state index >= 15 is 0 Å². The van der Waals surface area contributed by atoms with Crippen LogP contribution < -0.4 is 0 Å². The van der Waals surface area contributed by atoms with Gasteiger partial charge in [-0.25, -0.2) is 9.18 Å². The molecule has 0 aliphatic carbocycles. The number of aromatic nitrogens is 1. The number of ether oxygens (including phenoxy) is 1. The fourth-order valence-corrected chi connectivity index (χ4v) is 2.38. The first-order chi connectivity index (χ1) is 12.2. The Labute approximate surface area is 145 Å². The molecule has 0 saturated heterocycles. The van der Waals surface area contributed by atoms with Gasteiger partial charge in [-0.05, 0) is 29.8 Å². The summed E-state index contributed by atoms with van der Waals surface area (Å²) >= 11 is 0. The van der Waals surface area contributed by atoms with Crippen LogP contribution in [0, 0.1) is 5.82 Å². The van der Waals surface area contributed by atoms with Crippen molar-refractivity contribution in [1.29, 1.82) is 0 Å². The molecule has 1 aromatic heterocycles. The summed E-state index contributed by atoms with van der Waals surface area (Å²) in [4.78, 5) is 16.5. The Morgan fingerprint density at radius 3 is 2.40 bits per heavy atom. The molecule has 3 nitrogen and oxygen atoms in total. The molecule has 0 N–H and O–H groups in total. The van der Waals surface area contributed by atoms with Gasteiger partial charge in [-0.2, -0.15) is 0 Å². The average molecular weight is 333 g/mol. The van der Waals surface area contributed by atoms with E-state index in [1.54, 1.807) is 36.5 Å². The second-order valence-electron chi connectivity index (χ2n) is 5.34. The molecule has 0 spiro atoms. The third-order valence-corrected chi connectivity index (χ3v) is 3.60. The molecule has 0 bridgehead atoms. The van der Waals surface area contributed by atoms with Gasteiger partial charge in [0.2, 0.25) is 0 Å². The third-order valence-electron chi connectivity index (χ3n) is 3.60. The quantitative estimate of drug-likeness (QED) is 0.507. The molecule has 0 saturated carbocycles. The first kappa shape index (κ1) is 16.6. The van der Waals surface area contributed by atoms with Crippen LogP contribution in [0.3, 0.4) is 0 Å². The van der Waals surface area contributed by atoms with Crippen molar-refractivity contribution in [2.45, 2.75) is 6.10 Å². The highest BCUT2D eigenvalue weighted by Gasteiger charge is 2.18. The molecule has 0 aliphatic heterocycles. The maximum absolute atomic E-state index is 13.6. The minimum atomic E-state index is -0.625. The number of hydrogen-bond acceptors (Lipinski definition) is 3. The molecule has 3 rings (SSSR count). The van der Waals surface area contributed by atoms with Crippen molar-refractivity contribution in [3.05, 3.63) is 108 Å². The fraction of sp³-hybridized carbons (Fsp3) is 0.0476. The molecule has 1 unspecified atom stereocenters. The molecule has 0 fully saturated rings. The monoisotopic (exact) mass is 333 g/mol. The number of carbonyl (C=O) groups is 1. The number of rotatable bonds is 5. The first-order valence-electron chi connectivity index (χ1n) is 7.83. The van der Waals surface area contributed by atoms with Gasteiger partial charge in [-0.1, -0.05) is 54.6 Å². The van der Waals surface area contributed by atoms with Crippen molar-refractivity contribution in [3.63, 3.8) is 0 Å². The topological polar surface area (TPSA) is 39.2 Å². The van der Waals surface area contributed by atoms with Gasteiger partial charge < -0.3 is 4.74 Å². The molecule has 25 heavy (non-hydrogen) atoms.